The van der Waals surface area contributed by atoms with E-state index in [1.807, 2.05) is 12.1 Å². The molecule has 0 aromatic heterocycles. The highest BCUT2D eigenvalue weighted by molar-refractivity contribution is 7.94. The predicted octanol–water partition coefficient (Wildman–Crippen LogP) is 3.51. The molecule has 0 N–H and O–H groups in total. The zero-order chi connectivity index (χ0) is 12.8. The molecule has 1 aromatic rings. The molecule has 2 aliphatic carbocycles. The highest BCUT2D eigenvalue weighted by Crippen LogP contribution is 2.52. The van der Waals surface area contributed by atoms with Crippen molar-refractivity contribution in [2.24, 2.45) is 11.8 Å². The van der Waals surface area contributed by atoms with Gasteiger partial charge in [0.1, 0.15) is 0 Å². The Balaban J connectivity index is 1.86. The van der Waals surface area contributed by atoms with Crippen LogP contribution in [0.5, 0.6) is 0 Å². The van der Waals surface area contributed by atoms with Gasteiger partial charge in [-0.2, -0.15) is 0 Å². The Morgan fingerprint density at radius 2 is 1.83 bits per heavy atom. The Kier molecular flexibility index (Phi) is 2.81. The summed E-state index contributed by atoms with van der Waals surface area (Å²) in [5.74, 6) is 2.40. The number of benzene rings is 1. The van der Waals surface area contributed by atoms with E-state index in [1.165, 1.54) is 31.2 Å². The first-order chi connectivity index (χ1) is 8.60. The van der Waals surface area contributed by atoms with E-state index in [0.717, 1.165) is 17.2 Å². The number of rotatable bonds is 3. The van der Waals surface area contributed by atoms with Crippen molar-refractivity contribution in [2.45, 2.75) is 36.5 Å². The summed E-state index contributed by atoms with van der Waals surface area (Å²) in [7, 11) is -3.28. The zero-order valence-corrected chi connectivity index (χ0v) is 11.2. The van der Waals surface area contributed by atoms with Gasteiger partial charge in [-0.25, -0.2) is 8.42 Å². The quantitative estimate of drug-likeness (QED) is 0.835. The van der Waals surface area contributed by atoms with Gasteiger partial charge in [-0.05, 0) is 54.7 Å². The maximum Gasteiger partial charge on any atom is 0.199 e. The zero-order valence-electron chi connectivity index (χ0n) is 10.4. The molecule has 3 rings (SSSR count). The molecule has 2 nitrogen and oxygen atoms in total. The maximum absolute atomic E-state index is 11.6. The van der Waals surface area contributed by atoms with Crippen LogP contribution in [0.3, 0.4) is 0 Å². The molecular weight excluding hydrogens is 244 g/mol. The lowest BCUT2D eigenvalue weighted by molar-refractivity contribution is 0.420. The molecular formula is C15H18O2S. The number of sulfone groups is 1. The summed E-state index contributed by atoms with van der Waals surface area (Å²) < 4.78 is 23.3. The van der Waals surface area contributed by atoms with Crippen molar-refractivity contribution in [2.75, 3.05) is 0 Å². The molecule has 96 valence electrons. The molecule has 1 aromatic carbocycles. The van der Waals surface area contributed by atoms with Crippen LogP contribution >= 0.6 is 0 Å². The predicted molar refractivity (Wildman–Crippen MR) is 72.0 cm³/mol. The summed E-state index contributed by atoms with van der Waals surface area (Å²) in [5, 5.41) is 1.01. The third-order valence-corrected chi connectivity index (χ3v) is 5.96. The lowest BCUT2D eigenvalue weighted by Gasteiger charge is -2.22. The molecule has 3 unspecified atom stereocenters. The van der Waals surface area contributed by atoms with E-state index >= 15 is 0 Å². The van der Waals surface area contributed by atoms with Crippen LogP contribution in [0, 0.1) is 11.8 Å². The summed E-state index contributed by atoms with van der Waals surface area (Å²) in [6.45, 7) is 3.35. The minimum Gasteiger partial charge on any atom is -0.219 e. The highest BCUT2D eigenvalue weighted by Gasteiger charge is 2.39. The van der Waals surface area contributed by atoms with Crippen molar-refractivity contribution in [3.63, 3.8) is 0 Å². The molecule has 0 aliphatic heterocycles. The van der Waals surface area contributed by atoms with Gasteiger partial charge in [0.25, 0.3) is 0 Å². The fourth-order valence-corrected chi connectivity index (χ4v) is 4.36. The van der Waals surface area contributed by atoms with Gasteiger partial charge in [-0.3, -0.25) is 0 Å². The van der Waals surface area contributed by atoms with Gasteiger partial charge in [-0.15, -0.1) is 0 Å². The van der Waals surface area contributed by atoms with E-state index < -0.39 is 9.84 Å². The highest BCUT2D eigenvalue weighted by atomic mass is 32.2. The van der Waals surface area contributed by atoms with Gasteiger partial charge in [0, 0.05) is 5.41 Å². The third kappa shape index (κ3) is 1.91. The van der Waals surface area contributed by atoms with E-state index in [9.17, 15) is 8.42 Å². The van der Waals surface area contributed by atoms with Crippen molar-refractivity contribution in [1.82, 2.24) is 0 Å². The molecule has 2 aliphatic rings. The summed E-state index contributed by atoms with van der Waals surface area (Å²) >= 11 is 0. The third-order valence-electron chi connectivity index (χ3n) is 4.59. The molecule has 18 heavy (non-hydrogen) atoms. The van der Waals surface area contributed by atoms with Crippen LogP contribution in [0.4, 0.5) is 0 Å². The Bertz CT molecular complexity index is 557. The average Bonchev–Trinajstić information content (AvgIpc) is 3.01. The van der Waals surface area contributed by atoms with E-state index in [2.05, 4.69) is 6.58 Å². The van der Waals surface area contributed by atoms with Crippen molar-refractivity contribution in [3.8, 4) is 0 Å². The molecule has 2 fully saturated rings. The van der Waals surface area contributed by atoms with Crippen LogP contribution in [0.2, 0.25) is 0 Å². The van der Waals surface area contributed by atoms with E-state index in [-0.39, 0.29) is 0 Å². The maximum atomic E-state index is 11.6. The van der Waals surface area contributed by atoms with Crippen LogP contribution < -0.4 is 0 Å². The largest absolute Gasteiger partial charge is 0.219 e. The fraction of sp³-hybridized carbons (Fsp3) is 0.467. The molecule has 0 radical (unpaired) electrons. The van der Waals surface area contributed by atoms with Gasteiger partial charge < -0.3 is 0 Å². The molecule has 0 amide bonds. The standard InChI is InChI=1S/C15H18O2S/c1-2-18(16,17)14-7-5-12(6-8-14)15-10-11-3-4-13(15)9-11/h2,5-8,11,13,15H,1,3-4,9-10H2. The monoisotopic (exact) mass is 262 g/mol. The SMILES string of the molecule is C=CS(=O)(=O)c1ccc(C2CC3CCC2C3)cc1. The normalized spacial score (nSPS) is 30.6. The smallest absolute Gasteiger partial charge is 0.199 e. The van der Waals surface area contributed by atoms with Crippen LogP contribution in [0.1, 0.15) is 37.2 Å². The second-order valence-corrected chi connectivity index (χ2v) is 7.46. The second kappa shape index (κ2) is 4.23. The van der Waals surface area contributed by atoms with Crippen LogP contribution in [0.15, 0.2) is 41.1 Å². The Morgan fingerprint density at radius 3 is 2.33 bits per heavy atom. The Morgan fingerprint density at radius 1 is 1.11 bits per heavy atom. The van der Waals surface area contributed by atoms with Crippen molar-refractivity contribution >= 4 is 9.84 Å². The minimum absolute atomic E-state index is 0.351. The first kappa shape index (κ1) is 12.0. The molecule has 0 spiro atoms. The number of hydrogen-bond donors (Lipinski definition) is 0. The molecule has 0 heterocycles. The second-order valence-electron chi connectivity index (χ2n) is 5.56. The summed E-state index contributed by atoms with van der Waals surface area (Å²) in [5.41, 5.74) is 1.31. The lowest BCUT2D eigenvalue weighted by Crippen LogP contribution is -2.08. The van der Waals surface area contributed by atoms with Gasteiger partial charge in [0.2, 0.25) is 0 Å². The summed E-state index contributed by atoms with van der Waals surface area (Å²) in [6, 6.07) is 7.42. The van der Waals surface area contributed by atoms with Crippen molar-refractivity contribution < 1.29 is 8.42 Å². The fourth-order valence-electron chi connectivity index (χ4n) is 3.65. The number of fused-ring (bicyclic) bond motifs is 2. The van der Waals surface area contributed by atoms with Crippen LogP contribution in [-0.4, -0.2) is 8.42 Å². The van der Waals surface area contributed by atoms with Crippen LogP contribution in [-0.2, 0) is 9.84 Å². The van der Waals surface area contributed by atoms with E-state index in [1.54, 1.807) is 12.1 Å². The van der Waals surface area contributed by atoms with Crippen LogP contribution in [0.25, 0.3) is 0 Å². The van der Waals surface area contributed by atoms with Gasteiger partial charge >= 0.3 is 0 Å². The van der Waals surface area contributed by atoms with Gasteiger partial charge in [-0.1, -0.05) is 25.1 Å². The van der Waals surface area contributed by atoms with E-state index in [0.29, 0.717) is 10.8 Å². The van der Waals surface area contributed by atoms with E-state index in [4.69, 9.17) is 0 Å². The first-order valence-corrected chi connectivity index (χ1v) is 8.12. The number of hydrogen-bond acceptors (Lipinski definition) is 2. The summed E-state index contributed by atoms with van der Waals surface area (Å²) in [4.78, 5) is 0.351. The van der Waals surface area contributed by atoms with Gasteiger partial charge in [0.15, 0.2) is 9.84 Å². The Labute approximate surface area is 109 Å². The lowest BCUT2D eigenvalue weighted by atomic mass is 9.83. The molecule has 3 atom stereocenters. The van der Waals surface area contributed by atoms with Crippen molar-refractivity contribution in [3.05, 3.63) is 41.8 Å². The molecule has 2 saturated carbocycles. The summed E-state index contributed by atoms with van der Waals surface area (Å²) in [6.07, 6.45) is 5.40. The molecule has 3 heteroatoms. The topological polar surface area (TPSA) is 34.1 Å². The average molecular weight is 262 g/mol. The molecule has 2 bridgehead atoms. The molecule has 0 saturated heterocycles. The van der Waals surface area contributed by atoms with Crippen molar-refractivity contribution in [1.29, 1.82) is 0 Å². The first-order valence-electron chi connectivity index (χ1n) is 6.57. The Hall–Kier alpha value is -1.09. The van der Waals surface area contributed by atoms with Gasteiger partial charge in [0.05, 0.1) is 4.90 Å². The minimum atomic E-state index is -3.28.